The van der Waals surface area contributed by atoms with Crippen LogP contribution in [0.5, 0.6) is 0 Å². The maximum absolute atomic E-state index is 12.7. The molecule has 0 amide bonds. The van der Waals surface area contributed by atoms with Crippen LogP contribution in [0.1, 0.15) is 11.1 Å². The predicted molar refractivity (Wildman–Crippen MR) is 42.9 cm³/mol. The monoisotopic (exact) mass is 152 g/mol. The molecule has 3 heteroatoms. The van der Waals surface area contributed by atoms with Crippen molar-refractivity contribution in [1.82, 2.24) is 0 Å². The Kier molecular flexibility index (Phi) is 2.21. The Morgan fingerprint density at radius 3 is 2.82 bits per heavy atom. The summed E-state index contributed by atoms with van der Waals surface area (Å²) in [7, 11) is 0. The van der Waals surface area contributed by atoms with Gasteiger partial charge in [0.2, 0.25) is 0 Å². The smallest absolute Gasteiger partial charge is 0.126 e. The van der Waals surface area contributed by atoms with Crippen molar-refractivity contribution in [2.45, 2.75) is 6.92 Å². The molecule has 1 rings (SSSR count). The molecule has 0 aromatic heterocycles. The number of benzene rings is 1. The number of hydrogen-bond donors (Lipinski definition) is 1. The van der Waals surface area contributed by atoms with E-state index in [0.717, 1.165) is 5.56 Å². The highest BCUT2D eigenvalue weighted by Crippen LogP contribution is 2.06. The fourth-order valence-electron chi connectivity index (χ4n) is 0.834. The second-order valence-corrected chi connectivity index (χ2v) is 2.29. The molecule has 0 heterocycles. The number of nitrogens with zero attached hydrogens (tertiary/aromatic N) is 1. The third kappa shape index (κ3) is 1.77. The Hall–Kier alpha value is -1.38. The highest BCUT2D eigenvalue weighted by molar-refractivity contribution is 5.79. The molecule has 2 N–H and O–H groups in total. The van der Waals surface area contributed by atoms with E-state index < -0.39 is 0 Å². The molecule has 0 spiro atoms. The minimum absolute atomic E-state index is 0.209. The zero-order valence-corrected chi connectivity index (χ0v) is 6.21. The Morgan fingerprint density at radius 1 is 1.55 bits per heavy atom. The molecule has 1 aromatic carbocycles. The topological polar surface area (TPSA) is 38.4 Å². The summed E-state index contributed by atoms with van der Waals surface area (Å²) >= 11 is 0. The van der Waals surface area contributed by atoms with E-state index in [1.54, 1.807) is 19.1 Å². The van der Waals surface area contributed by atoms with Crippen LogP contribution in [-0.4, -0.2) is 6.21 Å². The Balaban J connectivity index is 3.05. The van der Waals surface area contributed by atoms with Crippen LogP contribution in [0.2, 0.25) is 0 Å². The number of hydrogen-bond acceptors (Lipinski definition) is 2. The van der Waals surface area contributed by atoms with Gasteiger partial charge in [-0.15, -0.1) is 0 Å². The summed E-state index contributed by atoms with van der Waals surface area (Å²) in [5.74, 6) is 4.72. The van der Waals surface area contributed by atoms with Gasteiger partial charge in [0.15, 0.2) is 0 Å². The summed E-state index contributed by atoms with van der Waals surface area (Å²) < 4.78 is 12.7. The molecule has 0 atom stereocenters. The van der Waals surface area contributed by atoms with Crippen LogP contribution in [0.15, 0.2) is 23.3 Å². The standard InChI is InChI=1S/C8H9FN2/c1-6-4-7(5-11-10)2-3-8(6)9/h2-5H,10H2,1H3. The van der Waals surface area contributed by atoms with Crippen molar-refractivity contribution in [3.8, 4) is 0 Å². The lowest BCUT2D eigenvalue weighted by atomic mass is 10.1. The first-order valence-corrected chi connectivity index (χ1v) is 3.23. The Morgan fingerprint density at radius 2 is 2.27 bits per heavy atom. The van der Waals surface area contributed by atoms with Crippen molar-refractivity contribution in [1.29, 1.82) is 0 Å². The van der Waals surface area contributed by atoms with Gasteiger partial charge in [-0.25, -0.2) is 4.39 Å². The third-order valence-electron chi connectivity index (χ3n) is 1.41. The minimum atomic E-state index is -0.209. The van der Waals surface area contributed by atoms with Gasteiger partial charge in [-0.2, -0.15) is 5.10 Å². The van der Waals surface area contributed by atoms with Crippen molar-refractivity contribution in [2.75, 3.05) is 0 Å². The van der Waals surface area contributed by atoms with Gasteiger partial charge in [0.1, 0.15) is 5.82 Å². The fraction of sp³-hybridized carbons (Fsp3) is 0.125. The SMILES string of the molecule is Cc1cc(C=NN)ccc1F. The van der Waals surface area contributed by atoms with Crippen molar-refractivity contribution in [3.05, 3.63) is 35.1 Å². The summed E-state index contributed by atoms with van der Waals surface area (Å²) in [6.45, 7) is 1.70. The number of halogens is 1. The van der Waals surface area contributed by atoms with E-state index in [-0.39, 0.29) is 5.82 Å². The quantitative estimate of drug-likeness (QED) is 0.369. The molecule has 0 fully saturated rings. The van der Waals surface area contributed by atoms with E-state index in [1.165, 1.54) is 12.3 Å². The first-order chi connectivity index (χ1) is 5.24. The lowest BCUT2D eigenvalue weighted by Crippen LogP contribution is -1.89. The van der Waals surface area contributed by atoms with E-state index in [9.17, 15) is 4.39 Å². The van der Waals surface area contributed by atoms with Gasteiger partial charge in [0.25, 0.3) is 0 Å². The second kappa shape index (κ2) is 3.14. The lowest BCUT2D eigenvalue weighted by Gasteiger charge is -1.96. The normalized spacial score (nSPS) is 10.7. The second-order valence-electron chi connectivity index (χ2n) is 2.29. The maximum atomic E-state index is 12.7. The number of aryl methyl sites for hydroxylation is 1. The van der Waals surface area contributed by atoms with Crippen molar-refractivity contribution in [2.24, 2.45) is 10.9 Å². The number of hydrazone groups is 1. The van der Waals surface area contributed by atoms with Crippen molar-refractivity contribution < 1.29 is 4.39 Å². The molecule has 58 valence electrons. The van der Waals surface area contributed by atoms with Crippen molar-refractivity contribution in [3.63, 3.8) is 0 Å². The molecule has 1 aromatic rings. The first-order valence-electron chi connectivity index (χ1n) is 3.23. The van der Waals surface area contributed by atoms with Crippen LogP contribution >= 0.6 is 0 Å². The molecule has 0 saturated heterocycles. The first kappa shape index (κ1) is 7.72. The van der Waals surface area contributed by atoms with Crippen LogP contribution in [0.3, 0.4) is 0 Å². The Bertz CT molecular complexity index is 281. The molecular weight excluding hydrogens is 143 g/mol. The van der Waals surface area contributed by atoms with Gasteiger partial charge in [0, 0.05) is 0 Å². The zero-order chi connectivity index (χ0) is 8.27. The summed E-state index contributed by atoms with van der Waals surface area (Å²) in [5.41, 5.74) is 1.41. The fourth-order valence-corrected chi connectivity index (χ4v) is 0.834. The number of nitrogens with two attached hydrogens (primary N) is 1. The lowest BCUT2D eigenvalue weighted by molar-refractivity contribution is 0.618. The molecule has 0 aliphatic rings. The third-order valence-corrected chi connectivity index (χ3v) is 1.41. The zero-order valence-electron chi connectivity index (χ0n) is 6.21. The summed E-state index contributed by atoms with van der Waals surface area (Å²) in [6, 6.07) is 4.71. The minimum Gasteiger partial charge on any atom is -0.323 e. The molecule has 0 saturated carbocycles. The molecule has 0 unspecified atom stereocenters. The maximum Gasteiger partial charge on any atom is 0.126 e. The predicted octanol–water partition coefficient (Wildman–Crippen LogP) is 1.43. The van der Waals surface area contributed by atoms with Gasteiger partial charge in [0.05, 0.1) is 6.21 Å². The molecule has 2 nitrogen and oxygen atoms in total. The van der Waals surface area contributed by atoms with E-state index in [0.29, 0.717) is 5.56 Å². The molecule has 11 heavy (non-hydrogen) atoms. The molecule has 0 aliphatic heterocycles. The van der Waals surface area contributed by atoms with Crippen LogP contribution in [0.25, 0.3) is 0 Å². The van der Waals surface area contributed by atoms with Gasteiger partial charge in [-0.1, -0.05) is 6.07 Å². The van der Waals surface area contributed by atoms with Crippen LogP contribution < -0.4 is 5.84 Å². The molecule has 0 aliphatic carbocycles. The van der Waals surface area contributed by atoms with E-state index in [4.69, 9.17) is 5.84 Å². The van der Waals surface area contributed by atoms with E-state index in [1.807, 2.05) is 0 Å². The average molecular weight is 152 g/mol. The van der Waals surface area contributed by atoms with E-state index >= 15 is 0 Å². The number of rotatable bonds is 1. The Labute approximate surface area is 64.5 Å². The summed E-state index contributed by atoms with van der Waals surface area (Å²) in [5, 5.41) is 3.33. The molecular formula is C8H9FN2. The van der Waals surface area contributed by atoms with Crippen LogP contribution in [0, 0.1) is 12.7 Å². The van der Waals surface area contributed by atoms with Crippen LogP contribution in [-0.2, 0) is 0 Å². The largest absolute Gasteiger partial charge is 0.323 e. The highest BCUT2D eigenvalue weighted by Gasteiger charge is 1.95. The summed E-state index contributed by atoms with van der Waals surface area (Å²) in [4.78, 5) is 0. The summed E-state index contributed by atoms with van der Waals surface area (Å²) in [6.07, 6.45) is 1.48. The highest BCUT2D eigenvalue weighted by atomic mass is 19.1. The molecule has 0 radical (unpaired) electrons. The van der Waals surface area contributed by atoms with Crippen molar-refractivity contribution >= 4 is 6.21 Å². The van der Waals surface area contributed by atoms with Gasteiger partial charge in [-0.3, -0.25) is 0 Å². The van der Waals surface area contributed by atoms with E-state index in [2.05, 4.69) is 5.10 Å². The van der Waals surface area contributed by atoms with Crippen LogP contribution in [0.4, 0.5) is 4.39 Å². The van der Waals surface area contributed by atoms with Gasteiger partial charge >= 0.3 is 0 Å². The van der Waals surface area contributed by atoms with Gasteiger partial charge in [-0.05, 0) is 30.2 Å². The van der Waals surface area contributed by atoms with Gasteiger partial charge < -0.3 is 5.84 Å². The molecule has 0 bridgehead atoms. The average Bonchev–Trinajstić information content (AvgIpc) is 1.98.